The summed E-state index contributed by atoms with van der Waals surface area (Å²) in [6.45, 7) is 5.82. The van der Waals surface area contributed by atoms with Crippen LogP contribution in [0.25, 0.3) is 0 Å². The van der Waals surface area contributed by atoms with Gasteiger partial charge < -0.3 is 0 Å². The number of hydrogen-bond acceptors (Lipinski definition) is 4. The summed E-state index contributed by atoms with van der Waals surface area (Å²) in [5.74, 6) is 0.653. The largest absolute Gasteiger partial charge is 0.299 e. The fraction of sp³-hybridized carbons (Fsp3) is 0.562. The predicted molar refractivity (Wildman–Crippen MR) is 82.6 cm³/mol. The lowest BCUT2D eigenvalue weighted by Crippen LogP contribution is -2.34. The van der Waals surface area contributed by atoms with Crippen LogP contribution >= 0.6 is 0 Å². The molecule has 0 aliphatic heterocycles. The van der Waals surface area contributed by atoms with E-state index in [9.17, 15) is 8.42 Å². The minimum atomic E-state index is -3.32. The minimum absolute atomic E-state index is 0.116. The van der Waals surface area contributed by atoms with Gasteiger partial charge in [-0.3, -0.25) is 4.90 Å². The smallest absolute Gasteiger partial charge is 0.179 e. The molecule has 1 saturated carbocycles. The zero-order valence-corrected chi connectivity index (χ0v) is 13.4. The van der Waals surface area contributed by atoms with Gasteiger partial charge in [-0.05, 0) is 37.0 Å². The second kappa shape index (κ2) is 6.59. The van der Waals surface area contributed by atoms with Crippen molar-refractivity contribution in [3.8, 4) is 6.07 Å². The summed E-state index contributed by atoms with van der Waals surface area (Å²) in [4.78, 5) is 2.54. The van der Waals surface area contributed by atoms with Gasteiger partial charge in [-0.25, -0.2) is 8.42 Å². The Morgan fingerprint density at radius 2 is 2.10 bits per heavy atom. The highest BCUT2D eigenvalue weighted by Crippen LogP contribution is 2.27. The molecule has 5 heteroatoms. The zero-order chi connectivity index (χ0) is 15.5. The Bertz CT molecular complexity index is 628. The van der Waals surface area contributed by atoms with Crippen LogP contribution in [0.4, 0.5) is 0 Å². The van der Waals surface area contributed by atoms with Gasteiger partial charge in [0.25, 0.3) is 0 Å². The Hall–Kier alpha value is -1.38. The lowest BCUT2D eigenvalue weighted by Gasteiger charge is -2.23. The fourth-order valence-corrected chi connectivity index (χ4v) is 3.75. The maximum atomic E-state index is 12.4. The molecule has 0 aromatic heterocycles. The third-order valence-corrected chi connectivity index (χ3v) is 5.32. The van der Waals surface area contributed by atoms with Gasteiger partial charge in [-0.15, -0.1) is 0 Å². The molecule has 1 aliphatic rings. The molecule has 0 unspecified atom stereocenters. The van der Waals surface area contributed by atoms with E-state index >= 15 is 0 Å². The number of sulfone groups is 1. The van der Waals surface area contributed by atoms with Crippen LogP contribution < -0.4 is 0 Å². The molecule has 0 amide bonds. The molecule has 1 aliphatic carbocycles. The lowest BCUT2D eigenvalue weighted by molar-refractivity contribution is 0.247. The van der Waals surface area contributed by atoms with Gasteiger partial charge >= 0.3 is 0 Å². The van der Waals surface area contributed by atoms with Crippen molar-refractivity contribution in [1.29, 1.82) is 5.26 Å². The summed E-state index contributed by atoms with van der Waals surface area (Å²) in [6, 6.07) is 8.82. The topological polar surface area (TPSA) is 61.2 Å². The lowest BCUT2D eigenvalue weighted by atomic mass is 10.2. The van der Waals surface area contributed by atoms with Gasteiger partial charge in [-0.1, -0.05) is 19.9 Å². The van der Waals surface area contributed by atoms with E-state index in [0.29, 0.717) is 24.1 Å². The minimum Gasteiger partial charge on any atom is -0.299 e. The van der Waals surface area contributed by atoms with E-state index in [1.165, 1.54) is 18.9 Å². The molecular formula is C16H22N2O2S. The number of rotatable bonds is 7. The highest BCUT2D eigenvalue weighted by molar-refractivity contribution is 7.91. The quantitative estimate of drug-likeness (QED) is 0.776. The van der Waals surface area contributed by atoms with E-state index in [1.54, 1.807) is 18.2 Å². The zero-order valence-electron chi connectivity index (χ0n) is 12.6. The summed E-state index contributed by atoms with van der Waals surface area (Å²) >= 11 is 0. The first-order chi connectivity index (χ1) is 9.92. The van der Waals surface area contributed by atoms with Crippen molar-refractivity contribution in [2.75, 3.05) is 18.8 Å². The van der Waals surface area contributed by atoms with E-state index in [4.69, 9.17) is 5.26 Å². The standard InChI is InChI=1S/C16H22N2O2S/c1-13(2)12-18(15-6-7-15)8-9-21(19,20)16-5-3-4-14(10-16)11-17/h3-5,10,13,15H,6-9,12H2,1-2H3. The normalized spacial score (nSPS) is 15.4. The Balaban J connectivity index is 2.04. The predicted octanol–water partition coefficient (Wildman–Crippen LogP) is 2.45. The molecule has 0 saturated heterocycles. The van der Waals surface area contributed by atoms with Crippen LogP contribution in [0.1, 0.15) is 32.3 Å². The molecular weight excluding hydrogens is 284 g/mol. The van der Waals surface area contributed by atoms with E-state index in [1.807, 2.05) is 6.07 Å². The van der Waals surface area contributed by atoms with Crippen LogP contribution in [0.5, 0.6) is 0 Å². The molecule has 1 aromatic rings. The van der Waals surface area contributed by atoms with Gasteiger partial charge in [0, 0.05) is 19.1 Å². The van der Waals surface area contributed by atoms with Crippen molar-refractivity contribution in [1.82, 2.24) is 4.90 Å². The number of benzene rings is 1. The molecule has 1 aromatic carbocycles. The summed E-state index contributed by atoms with van der Waals surface area (Å²) in [7, 11) is -3.32. The first kappa shape index (κ1) is 16.0. The molecule has 114 valence electrons. The van der Waals surface area contributed by atoms with E-state index in [-0.39, 0.29) is 10.6 Å². The number of hydrogen-bond donors (Lipinski definition) is 0. The van der Waals surface area contributed by atoms with Crippen molar-refractivity contribution in [3.05, 3.63) is 29.8 Å². The third kappa shape index (κ3) is 4.55. The third-order valence-electron chi connectivity index (χ3n) is 3.63. The maximum absolute atomic E-state index is 12.4. The van der Waals surface area contributed by atoms with Crippen molar-refractivity contribution < 1.29 is 8.42 Å². The second-order valence-corrected chi connectivity index (χ2v) is 8.19. The molecule has 0 heterocycles. The van der Waals surface area contributed by atoms with Crippen LogP contribution in [0.2, 0.25) is 0 Å². The molecule has 21 heavy (non-hydrogen) atoms. The average molecular weight is 306 g/mol. The van der Waals surface area contributed by atoms with Gasteiger partial charge in [0.05, 0.1) is 22.3 Å². The van der Waals surface area contributed by atoms with Crippen LogP contribution in [-0.2, 0) is 9.84 Å². The van der Waals surface area contributed by atoms with Crippen LogP contribution in [0.15, 0.2) is 29.2 Å². The first-order valence-electron chi connectivity index (χ1n) is 7.39. The number of nitriles is 1. The Morgan fingerprint density at radius 1 is 1.38 bits per heavy atom. The van der Waals surface area contributed by atoms with Crippen LogP contribution in [-0.4, -0.2) is 38.2 Å². The fourth-order valence-electron chi connectivity index (χ4n) is 2.45. The molecule has 1 fully saturated rings. The monoisotopic (exact) mass is 306 g/mol. The van der Waals surface area contributed by atoms with E-state index in [0.717, 1.165) is 6.54 Å². The summed E-state index contributed by atoms with van der Waals surface area (Å²) in [6.07, 6.45) is 2.35. The van der Waals surface area contributed by atoms with E-state index < -0.39 is 9.84 Å². The van der Waals surface area contributed by atoms with Crippen molar-refractivity contribution in [2.45, 2.75) is 37.6 Å². The molecule has 0 N–H and O–H groups in total. The van der Waals surface area contributed by atoms with Crippen molar-refractivity contribution in [2.24, 2.45) is 5.92 Å². The Morgan fingerprint density at radius 3 is 2.67 bits per heavy atom. The SMILES string of the molecule is CC(C)CN(CCS(=O)(=O)c1cccc(C#N)c1)C1CC1. The van der Waals surface area contributed by atoms with Crippen LogP contribution in [0, 0.1) is 17.2 Å². The highest BCUT2D eigenvalue weighted by atomic mass is 32.2. The highest BCUT2D eigenvalue weighted by Gasteiger charge is 2.30. The van der Waals surface area contributed by atoms with E-state index in [2.05, 4.69) is 18.7 Å². The first-order valence-corrected chi connectivity index (χ1v) is 9.04. The van der Waals surface area contributed by atoms with Crippen LogP contribution in [0.3, 0.4) is 0 Å². The number of nitrogens with zero attached hydrogens (tertiary/aromatic N) is 2. The molecule has 2 rings (SSSR count). The van der Waals surface area contributed by atoms with Gasteiger partial charge in [-0.2, -0.15) is 5.26 Å². The average Bonchev–Trinajstić information content (AvgIpc) is 3.27. The molecule has 0 bridgehead atoms. The molecule has 0 radical (unpaired) electrons. The molecule has 0 spiro atoms. The summed E-state index contributed by atoms with van der Waals surface area (Å²) in [5.41, 5.74) is 0.386. The Kier molecular flexibility index (Phi) is 5.02. The second-order valence-electron chi connectivity index (χ2n) is 6.08. The van der Waals surface area contributed by atoms with Gasteiger partial charge in [0.1, 0.15) is 0 Å². The van der Waals surface area contributed by atoms with Crippen molar-refractivity contribution in [3.63, 3.8) is 0 Å². The maximum Gasteiger partial charge on any atom is 0.179 e. The van der Waals surface area contributed by atoms with Crippen molar-refractivity contribution >= 4 is 9.84 Å². The van der Waals surface area contributed by atoms with Gasteiger partial charge in [0.2, 0.25) is 0 Å². The molecule has 0 atom stereocenters. The summed E-state index contributed by atoms with van der Waals surface area (Å²) in [5, 5.41) is 8.87. The Labute approximate surface area is 127 Å². The van der Waals surface area contributed by atoms with Gasteiger partial charge in [0.15, 0.2) is 9.84 Å². The summed E-state index contributed by atoms with van der Waals surface area (Å²) < 4.78 is 24.8. The molecule has 4 nitrogen and oxygen atoms in total.